The van der Waals surface area contributed by atoms with Gasteiger partial charge < -0.3 is 14.0 Å². The van der Waals surface area contributed by atoms with E-state index in [9.17, 15) is 8.42 Å². The van der Waals surface area contributed by atoms with E-state index in [0.29, 0.717) is 28.8 Å². The van der Waals surface area contributed by atoms with Crippen LogP contribution in [0.3, 0.4) is 0 Å². The van der Waals surface area contributed by atoms with Crippen LogP contribution in [0, 0.1) is 11.5 Å². The maximum Gasteiger partial charge on any atom is 0.266 e. The fourth-order valence-corrected chi connectivity index (χ4v) is 5.12. The fourth-order valence-electron chi connectivity index (χ4n) is 3.40. The second-order valence-electron chi connectivity index (χ2n) is 8.88. The molecular formula is C24H26N4O5SSi. The van der Waals surface area contributed by atoms with Crippen LogP contribution in [0.25, 0.3) is 11.0 Å². The average Bonchev–Trinajstić information content (AvgIpc) is 3.46. The van der Waals surface area contributed by atoms with Gasteiger partial charge in [0.25, 0.3) is 10.0 Å². The Kier molecular flexibility index (Phi) is 6.60. The first-order valence-electron chi connectivity index (χ1n) is 10.8. The molecule has 0 bridgehead atoms. The van der Waals surface area contributed by atoms with Crippen LogP contribution in [0.5, 0.6) is 11.5 Å². The summed E-state index contributed by atoms with van der Waals surface area (Å²) in [6.07, 6.45) is 3.53. The maximum absolute atomic E-state index is 13.4. The topological polar surface area (TPSA) is 108 Å². The van der Waals surface area contributed by atoms with E-state index in [0.717, 1.165) is 5.56 Å². The minimum absolute atomic E-state index is 0.0168. The molecule has 0 saturated carbocycles. The first kappa shape index (κ1) is 24.4. The molecule has 0 amide bonds. The monoisotopic (exact) mass is 510 g/mol. The van der Waals surface area contributed by atoms with E-state index < -0.39 is 18.1 Å². The van der Waals surface area contributed by atoms with Crippen LogP contribution in [-0.2, 0) is 16.6 Å². The van der Waals surface area contributed by atoms with Crippen molar-refractivity contribution in [3.8, 4) is 23.0 Å². The zero-order valence-electron chi connectivity index (χ0n) is 20.1. The summed E-state index contributed by atoms with van der Waals surface area (Å²) in [4.78, 5) is -0.0483. The second kappa shape index (κ2) is 9.48. The second-order valence-corrected chi connectivity index (χ2v) is 15.3. The number of ether oxygens (including phenoxy) is 2. The zero-order chi connectivity index (χ0) is 25.2. The molecule has 0 spiro atoms. The third-order valence-corrected chi connectivity index (χ3v) is 7.22. The van der Waals surface area contributed by atoms with Gasteiger partial charge >= 0.3 is 0 Å². The Morgan fingerprint density at radius 3 is 2.54 bits per heavy atom. The summed E-state index contributed by atoms with van der Waals surface area (Å²) < 4.78 is 47.4. The minimum atomic E-state index is -4.09. The van der Waals surface area contributed by atoms with Gasteiger partial charge in [0, 0.05) is 18.0 Å². The van der Waals surface area contributed by atoms with Gasteiger partial charge in [-0.3, -0.25) is 9.40 Å². The molecule has 4 rings (SSSR count). The van der Waals surface area contributed by atoms with Crippen molar-refractivity contribution in [2.45, 2.75) is 31.1 Å². The number of hydrogen-bond acceptors (Lipinski definition) is 7. The lowest BCUT2D eigenvalue weighted by Crippen LogP contribution is -2.16. The Morgan fingerprint density at radius 2 is 1.89 bits per heavy atom. The lowest BCUT2D eigenvalue weighted by atomic mass is 10.1. The molecule has 0 atom stereocenters. The minimum Gasteiger partial charge on any atom is -0.496 e. The SMILES string of the molecule is COc1ccc(C#C[Si](C)(C)C)cc1S(=O)(=O)Nc1noc2cc(Cn3cccn3)cc(OC)c12. The highest BCUT2D eigenvalue weighted by Gasteiger charge is 2.25. The quantitative estimate of drug-likeness (QED) is 0.294. The number of nitrogens with zero attached hydrogens (tertiary/aromatic N) is 3. The van der Waals surface area contributed by atoms with Crippen LogP contribution < -0.4 is 14.2 Å². The van der Waals surface area contributed by atoms with Gasteiger partial charge in [0.05, 0.1) is 20.8 Å². The molecule has 182 valence electrons. The third kappa shape index (κ3) is 5.50. The fraction of sp³-hybridized carbons (Fsp3) is 0.250. The lowest BCUT2D eigenvalue weighted by Gasteiger charge is -2.12. The van der Waals surface area contributed by atoms with Gasteiger partial charge in [0.2, 0.25) is 0 Å². The summed E-state index contributed by atoms with van der Waals surface area (Å²) in [5, 5.41) is 8.58. The van der Waals surface area contributed by atoms with E-state index in [2.05, 4.69) is 46.1 Å². The van der Waals surface area contributed by atoms with Crippen molar-refractivity contribution in [2.24, 2.45) is 0 Å². The van der Waals surface area contributed by atoms with E-state index in [1.165, 1.54) is 20.3 Å². The standard InChI is InChI=1S/C24H26N4O5SSi/c1-31-19-8-7-17(9-12-35(3,4)5)15-22(19)34(29,30)27-24-23-20(32-2)13-18(14-21(23)33-26-24)16-28-11-6-10-25-28/h6-8,10-11,13-15H,16H2,1-5H3,(H,26,27). The maximum atomic E-state index is 13.4. The van der Waals surface area contributed by atoms with Gasteiger partial charge in [-0.05, 0) is 42.0 Å². The molecule has 2 aromatic carbocycles. The number of sulfonamides is 1. The van der Waals surface area contributed by atoms with Crippen molar-refractivity contribution in [1.29, 1.82) is 0 Å². The molecule has 4 aromatic rings. The smallest absolute Gasteiger partial charge is 0.266 e. The van der Waals surface area contributed by atoms with E-state index in [1.807, 2.05) is 12.3 Å². The van der Waals surface area contributed by atoms with Crippen molar-refractivity contribution in [3.05, 3.63) is 59.9 Å². The zero-order valence-corrected chi connectivity index (χ0v) is 21.9. The van der Waals surface area contributed by atoms with Gasteiger partial charge in [-0.2, -0.15) is 5.10 Å². The number of benzene rings is 2. The van der Waals surface area contributed by atoms with Gasteiger partial charge in [-0.25, -0.2) is 8.42 Å². The molecule has 1 N–H and O–H groups in total. The number of rotatable bonds is 7. The predicted octanol–water partition coefficient (Wildman–Crippen LogP) is 4.12. The van der Waals surface area contributed by atoms with Crippen molar-refractivity contribution in [1.82, 2.24) is 14.9 Å². The number of nitrogens with one attached hydrogen (secondary N) is 1. The third-order valence-electron chi connectivity index (χ3n) is 4.99. The molecule has 9 nitrogen and oxygen atoms in total. The summed E-state index contributed by atoms with van der Waals surface area (Å²) in [5.74, 6) is 3.71. The number of aromatic nitrogens is 3. The van der Waals surface area contributed by atoms with Crippen molar-refractivity contribution < 1.29 is 22.4 Å². The molecule has 35 heavy (non-hydrogen) atoms. The molecule has 0 radical (unpaired) electrons. The van der Waals surface area contributed by atoms with Gasteiger partial charge in [-0.1, -0.05) is 30.7 Å². The van der Waals surface area contributed by atoms with Crippen molar-refractivity contribution in [3.63, 3.8) is 0 Å². The Labute approximate surface area is 205 Å². The molecule has 0 aliphatic carbocycles. The largest absolute Gasteiger partial charge is 0.496 e. The molecule has 0 aliphatic rings. The van der Waals surface area contributed by atoms with Crippen LogP contribution in [0.4, 0.5) is 5.82 Å². The molecule has 0 unspecified atom stereocenters. The predicted molar refractivity (Wildman–Crippen MR) is 136 cm³/mol. The van der Waals surface area contributed by atoms with Crippen molar-refractivity contribution in [2.75, 3.05) is 18.9 Å². The van der Waals surface area contributed by atoms with Gasteiger partial charge in [-0.15, -0.1) is 5.54 Å². The van der Waals surface area contributed by atoms with Crippen LogP contribution >= 0.6 is 0 Å². The van der Waals surface area contributed by atoms with E-state index >= 15 is 0 Å². The van der Waals surface area contributed by atoms with E-state index in [4.69, 9.17) is 14.0 Å². The number of methoxy groups -OCH3 is 2. The van der Waals surface area contributed by atoms with Crippen LogP contribution in [-0.4, -0.2) is 45.6 Å². The Morgan fingerprint density at radius 1 is 1.11 bits per heavy atom. The Hall–Kier alpha value is -3.75. The Balaban J connectivity index is 1.72. The summed E-state index contributed by atoms with van der Waals surface area (Å²) in [5.41, 5.74) is 5.07. The molecule has 0 aliphatic heterocycles. The molecule has 2 aromatic heterocycles. The normalized spacial score (nSPS) is 11.7. The molecule has 0 saturated heterocycles. The lowest BCUT2D eigenvalue weighted by molar-refractivity contribution is 0.403. The number of fused-ring (bicyclic) bond motifs is 1. The molecule has 11 heteroatoms. The number of hydrogen-bond donors (Lipinski definition) is 1. The summed E-state index contributed by atoms with van der Waals surface area (Å²) >= 11 is 0. The summed E-state index contributed by atoms with van der Waals surface area (Å²) in [6, 6.07) is 10.2. The number of anilines is 1. The van der Waals surface area contributed by atoms with Crippen molar-refractivity contribution >= 4 is 34.9 Å². The molecular weight excluding hydrogens is 484 g/mol. The Bertz CT molecular complexity index is 1530. The average molecular weight is 511 g/mol. The van der Waals surface area contributed by atoms with Crippen LogP contribution in [0.15, 0.2) is 58.2 Å². The first-order chi connectivity index (χ1) is 16.6. The van der Waals surface area contributed by atoms with Gasteiger partial charge in [0.15, 0.2) is 11.4 Å². The van der Waals surface area contributed by atoms with E-state index in [-0.39, 0.29) is 16.5 Å². The first-order valence-corrected chi connectivity index (χ1v) is 15.8. The molecule has 2 heterocycles. The highest BCUT2D eigenvalue weighted by Crippen LogP contribution is 2.36. The molecule has 0 fully saturated rings. The van der Waals surface area contributed by atoms with E-state index in [1.54, 1.807) is 35.1 Å². The summed E-state index contributed by atoms with van der Waals surface area (Å²) in [6.45, 7) is 6.84. The highest BCUT2D eigenvalue weighted by molar-refractivity contribution is 7.92. The van der Waals surface area contributed by atoms with Crippen LogP contribution in [0.2, 0.25) is 19.6 Å². The highest BCUT2D eigenvalue weighted by atomic mass is 32.2. The van der Waals surface area contributed by atoms with Gasteiger partial charge in [0.1, 0.15) is 29.9 Å². The van der Waals surface area contributed by atoms with Crippen LogP contribution in [0.1, 0.15) is 11.1 Å². The summed E-state index contributed by atoms with van der Waals surface area (Å²) in [7, 11) is -2.82.